The Balaban J connectivity index is 1.97. The van der Waals surface area contributed by atoms with Gasteiger partial charge in [-0.15, -0.1) is 0 Å². The molecule has 116 valence electrons. The molecule has 0 unspecified atom stereocenters. The lowest BCUT2D eigenvalue weighted by Gasteiger charge is -2.07. The van der Waals surface area contributed by atoms with E-state index in [2.05, 4.69) is 10.4 Å². The van der Waals surface area contributed by atoms with Crippen molar-refractivity contribution in [1.29, 1.82) is 0 Å². The highest BCUT2D eigenvalue weighted by atomic mass is 16.6. The van der Waals surface area contributed by atoms with Gasteiger partial charge in [0, 0.05) is 12.1 Å². The van der Waals surface area contributed by atoms with E-state index in [0.717, 1.165) is 5.56 Å². The Bertz CT molecular complexity index is 704. The summed E-state index contributed by atoms with van der Waals surface area (Å²) in [5.41, 5.74) is 2.58. The van der Waals surface area contributed by atoms with Crippen LogP contribution < -0.4 is 5.32 Å². The van der Waals surface area contributed by atoms with Crippen LogP contribution >= 0.6 is 0 Å². The first-order valence-corrected chi connectivity index (χ1v) is 6.93. The van der Waals surface area contributed by atoms with Crippen LogP contribution in [0.2, 0.25) is 0 Å². The van der Waals surface area contributed by atoms with Crippen LogP contribution in [0.3, 0.4) is 0 Å². The minimum atomic E-state index is -0.431. The van der Waals surface area contributed by atoms with Gasteiger partial charge in [0.1, 0.15) is 11.4 Å². The number of carbonyl (C=O) groups excluding carboxylic acids is 1. The zero-order valence-corrected chi connectivity index (χ0v) is 12.8. The molecule has 7 heteroatoms. The Labute approximate surface area is 128 Å². The Kier molecular flexibility index (Phi) is 4.55. The molecule has 1 aromatic carbocycles. The van der Waals surface area contributed by atoms with E-state index < -0.39 is 4.92 Å². The largest absolute Gasteiger partial charge is 0.350 e. The fourth-order valence-corrected chi connectivity index (χ4v) is 2.25. The van der Waals surface area contributed by atoms with Crippen molar-refractivity contribution in [2.75, 3.05) is 6.54 Å². The summed E-state index contributed by atoms with van der Waals surface area (Å²) < 4.78 is 1.54. The third-order valence-electron chi connectivity index (χ3n) is 3.45. The van der Waals surface area contributed by atoms with Crippen LogP contribution in [0.5, 0.6) is 0 Å². The summed E-state index contributed by atoms with van der Waals surface area (Å²) in [5, 5.41) is 17.9. The zero-order valence-electron chi connectivity index (χ0n) is 12.8. The lowest BCUT2D eigenvalue weighted by Crippen LogP contribution is -2.27. The number of aromatic nitrogens is 2. The van der Waals surface area contributed by atoms with Crippen LogP contribution in [0.1, 0.15) is 27.3 Å². The maximum atomic E-state index is 12.0. The maximum Gasteiger partial charge on any atom is 0.312 e. The number of carbonyl (C=O) groups is 1. The van der Waals surface area contributed by atoms with E-state index in [-0.39, 0.29) is 11.6 Å². The lowest BCUT2D eigenvalue weighted by atomic mass is 10.1. The van der Waals surface area contributed by atoms with Gasteiger partial charge in [0.15, 0.2) is 0 Å². The molecule has 2 rings (SSSR count). The summed E-state index contributed by atoms with van der Waals surface area (Å²) in [6.07, 6.45) is 0. The molecular formula is C15H18N4O3. The van der Waals surface area contributed by atoms with E-state index in [1.165, 1.54) is 0 Å². The fraction of sp³-hybridized carbons (Fsp3) is 0.333. The molecule has 1 N–H and O–H groups in total. The Morgan fingerprint density at radius 2 is 1.91 bits per heavy atom. The van der Waals surface area contributed by atoms with Gasteiger partial charge in [0.05, 0.1) is 11.5 Å². The summed E-state index contributed by atoms with van der Waals surface area (Å²) in [5.74, 6) is -0.170. The van der Waals surface area contributed by atoms with E-state index in [4.69, 9.17) is 0 Å². The minimum absolute atomic E-state index is 0.0323. The molecule has 1 amide bonds. The van der Waals surface area contributed by atoms with Gasteiger partial charge in [0.25, 0.3) is 5.91 Å². The van der Waals surface area contributed by atoms with Gasteiger partial charge in [-0.05, 0) is 32.9 Å². The summed E-state index contributed by atoms with van der Waals surface area (Å²) in [6.45, 7) is 5.95. The molecule has 0 saturated heterocycles. The molecule has 1 aromatic heterocycles. The summed E-state index contributed by atoms with van der Waals surface area (Å²) in [6, 6.07) is 7.27. The molecule has 0 aliphatic heterocycles. The van der Waals surface area contributed by atoms with Gasteiger partial charge in [-0.1, -0.05) is 17.7 Å². The van der Waals surface area contributed by atoms with E-state index in [9.17, 15) is 14.9 Å². The van der Waals surface area contributed by atoms with E-state index >= 15 is 0 Å². The third-order valence-corrected chi connectivity index (χ3v) is 3.45. The molecule has 0 bridgehead atoms. The summed E-state index contributed by atoms with van der Waals surface area (Å²) in [4.78, 5) is 22.5. The Morgan fingerprint density at radius 1 is 1.27 bits per heavy atom. The van der Waals surface area contributed by atoms with Crippen LogP contribution in [0.4, 0.5) is 5.69 Å². The van der Waals surface area contributed by atoms with Crippen LogP contribution in [-0.2, 0) is 6.54 Å². The number of nitro groups is 1. The topological polar surface area (TPSA) is 90.1 Å². The average molecular weight is 302 g/mol. The van der Waals surface area contributed by atoms with Crippen molar-refractivity contribution in [3.8, 4) is 0 Å². The highest BCUT2D eigenvalue weighted by Gasteiger charge is 2.21. The highest BCUT2D eigenvalue weighted by molar-refractivity contribution is 5.94. The van der Waals surface area contributed by atoms with Crippen LogP contribution in [0.15, 0.2) is 24.3 Å². The maximum absolute atomic E-state index is 12.0. The second-order valence-electron chi connectivity index (χ2n) is 5.12. The van der Waals surface area contributed by atoms with Crippen LogP contribution in [0.25, 0.3) is 0 Å². The molecule has 0 spiro atoms. The van der Waals surface area contributed by atoms with Crippen molar-refractivity contribution in [3.63, 3.8) is 0 Å². The van der Waals surface area contributed by atoms with E-state index in [0.29, 0.717) is 30.0 Å². The molecule has 0 atom stereocenters. The number of nitrogens with one attached hydrogen (secondary N) is 1. The molecule has 1 heterocycles. The average Bonchev–Trinajstić information content (AvgIpc) is 2.74. The number of benzene rings is 1. The van der Waals surface area contributed by atoms with Gasteiger partial charge in [-0.3, -0.25) is 19.6 Å². The van der Waals surface area contributed by atoms with Crippen molar-refractivity contribution >= 4 is 11.6 Å². The molecular weight excluding hydrogens is 284 g/mol. The first-order chi connectivity index (χ1) is 10.4. The number of nitrogens with zero attached hydrogens (tertiary/aromatic N) is 3. The Hall–Kier alpha value is -2.70. The van der Waals surface area contributed by atoms with Crippen LogP contribution in [-0.4, -0.2) is 27.2 Å². The standard InChI is InChI=1S/C15H18N4O3/c1-10-4-6-13(7-5-10)15(20)16-8-9-18-12(3)14(19(21)22)11(2)17-18/h4-7H,8-9H2,1-3H3,(H,16,20). The molecule has 0 aliphatic carbocycles. The van der Waals surface area contributed by atoms with Gasteiger partial charge >= 0.3 is 5.69 Å². The van der Waals surface area contributed by atoms with Crippen LogP contribution in [0, 0.1) is 30.9 Å². The molecule has 0 saturated carbocycles. The van der Waals surface area contributed by atoms with Gasteiger partial charge < -0.3 is 5.32 Å². The first-order valence-electron chi connectivity index (χ1n) is 6.93. The molecule has 2 aromatic rings. The summed E-state index contributed by atoms with van der Waals surface area (Å²) >= 11 is 0. The Morgan fingerprint density at radius 3 is 2.45 bits per heavy atom. The SMILES string of the molecule is Cc1ccc(C(=O)NCCn2nc(C)c([N+](=O)[O-])c2C)cc1. The number of hydrogen-bond acceptors (Lipinski definition) is 4. The second-order valence-corrected chi connectivity index (χ2v) is 5.12. The third kappa shape index (κ3) is 3.30. The van der Waals surface area contributed by atoms with Gasteiger partial charge in [0.2, 0.25) is 0 Å². The normalized spacial score (nSPS) is 10.5. The monoisotopic (exact) mass is 302 g/mol. The lowest BCUT2D eigenvalue weighted by molar-refractivity contribution is -0.386. The second kappa shape index (κ2) is 6.38. The zero-order chi connectivity index (χ0) is 16.3. The van der Waals surface area contributed by atoms with Crippen molar-refractivity contribution in [1.82, 2.24) is 15.1 Å². The molecule has 0 aliphatic rings. The molecule has 7 nitrogen and oxygen atoms in total. The van der Waals surface area contributed by atoms with Crippen molar-refractivity contribution in [2.24, 2.45) is 0 Å². The minimum Gasteiger partial charge on any atom is -0.350 e. The van der Waals surface area contributed by atoms with Crippen molar-refractivity contribution < 1.29 is 9.72 Å². The number of hydrogen-bond donors (Lipinski definition) is 1. The van der Waals surface area contributed by atoms with Crippen molar-refractivity contribution in [3.05, 3.63) is 56.9 Å². The fourth-order valence-electron chi connectivity index (χ4n) is 2.25. The van der Waals surface area contributed by atoms with E-state index in [1.54, 1.807) is 30.7 Å². The molecule has 22 heavy (non-hydrogen) atoms. The van der Waals surface area contributed by atoms with Gasteiger partial charge in [-0.2, -0.15) is 5.10 Å². The van der Waals surface area contributed by atoms with Gasteiger partial charge in [-0.25, -0.2) is 0 Å². The van der Waals surface area contributed by atoms with Crippen molar-refractivity contribution in [2.45, 2.75) is 27.3 Å². The molecule has 0 fully saturated rings. The summed E-state index contributed by atoms with van der Waals surface area (Å²) in [7, 11) is 0. The number of aryl methyl sites for hydroxylation is 2. The highest BCUT2D eigenvalue weighted by Crippen LogP contribution is 2.21. The number of amides is 1. The van der Waals surface area contributed by atoms with E-state index in [1.807, 2.05) is 19.1 Å². The quantitative estimate of drug-likeness (QED) is 0.677. The predicted octanol–water partition coefficient (Wildman–Crippen LogP) is 2.15. The first kappa shape index (κ1) is 15.7. The predicted molar refractivity (Wildman–Crippen MR) is 81.9 cm³/mol. The number of rotatable bonds is 5. The smallest absolute Gasteiger partial charge is 0.312 e. The molecule has 0 radical (unpaired) electrons.